The molecule has 0 saturated heterocycles. The molecule has 3 aromatic rings. The van der Waals surface area contributed by atoms with Crippen LogP contribution in [0, 0.1) is 0 Å². The van der Waals surface area contributed by atoms with Crippen molar-refractivity contribution in [3.8, 4) is 11.4 Å². The molecule has 1 atom stereocenters. The van der Waals surface area contributed by atoms with Crippen molar-refractivity contribution in [1.82, 2.24) is 9.78 Å². The Morgan fingerprint density at radius 2 is 1.82 bits per heavy atom. The molecule has 140 valence electrons. The molecule has 0 radical (unpaired) electrons. The number of fused-ring (bicyclic) bond motifs is 4. The zero-order valence-corrected chi connectivity index (χ0v) is 15.5. The molecule has 1 aromatic heterocycles. The van der Waals surface area contributed by atoms with Gasteiger partial charge in [-0.3, -0.25) is 9.59 Å². The topological polar surface area (TPSA) is 76.5 Å². The SMILES string of the molecule is COc1ccc(-n2ncc3c2NC(=O)CC32C(=O)N(C)c3ccccc32)cc1. The number of benzene rings is 2. The second kappa shape index (κ2) is 5.69. The Kier molecular flexibility index (Phi) is 3.37. The van der Waals surface area contributed by atoms with E-state index in [9.17, 15) is 9.59 Å². The molecular weight excluding hydrogens is 356 g/mol. The zero-order valence-electron chi connectivity index (χ0n) is 15.5. The Labute approximate surface area is 161 Å². The van der Waals surface area contributed by atoms with Crippen LogP contribution in [-0.2, 0) is 15.0 Å². The number of hydrogen-bond donors (Lipinski definition) is 1. The van der Waals surface area contributed by atoms with E-state index in [1.807, 2.05) is 48.5 Å². The molecule has 0 fully saturated rings. The van der Waals surface area contributed by atoms with Gasteiger partial charge in [0, 0.05) is 24.7 Å². The predicted octanol–water partition coefficient (Wildman–Crippen LogP) is 2.49. The number of rotatable bonds is 2. The first kappa shape index (κ1) is 16.6. The summed E-state index contributed by atoms with van der Waals surface area (Å²) in [6.07, 6.45) is 1.75. The van der Waals surface area contributed by atoms with Crippen molar-refractivity contribution in [2.75, 3.05) is 24.4 Å². The zero-order chi connectivity index (χ0) is 19.5. The van der Waals surface area contributed by atoms with Gasteiger partial charge in [-0.05, 0) is 35.9 Å². The quantitative estimate of drug-likeness (QED) is 0.748. The van der Waals surface area contributed by atoms with Crippen molar-refractivity contribution in [2.45, 2.75) is 11.8 Å². The number of carbonyl (C=O) groups excluding carboxylic acids is 2. The maximum Gasteiger partial charge on any atom is 0.242 e. The third-order valence-electron chi connectivity index (χ3n) is 5.62. The van der Waals surface area contributed by atoms with Gasteiger partial charge in [0.2, 0.25) is 11.8 Å². The molecule has 2 aromatic carbocycles. The number of carbonyl (C=O) groups is 2. The predicted molar refractivity (Wildman–Crippen MR) is 104 cm³/mol. The standard InChI is InChI=1S/C21H18N4O3/c1-24-17-6-4-3-5-15(17)21(20(24)27)11-18(26)23-19-16(21)12-22-25(19)13-7-9-14(28-2)10-8-13/h3-10,12H,11H2,1-2H3,(H,23,26). The van der Waals surface area contributed by atoms with Crippen LogP contribution in [0.4, 0.5) is 11.5 Å². The summed E-state index contributed by atoms with van der Waals surface area (Å²) in [5.74, 6) is 0.937. The minimum Gasteiger partial charge on any atom is -0.497 e. The lowest BCUT2D eigenvalue weighted by Gasteiger charge is -2.32. The minimum atomic E-state index is -1.05. The maximum atomic E-state index is 13.4. The monoisotopic (exact) mass is 374 g/mol. The lowest BCUT2D eigenvalue weighted by molar-refractivity contribution is -0.126. The summed E-state index contributed by atoms with van der Waals surface area (Å²) < 4.78 is 6.86. The molecular formula is C21H18N4O3. The molecule has 0 aliphatic carbocycles. The Balaban J connectivity index is 1.73. The first-order valence-electron chi connectivity index (χ1n) is 8.96. The van der Waals surface area contributed by atoms with Crippen LogP contribution in [0.2, 0.25) is 0 Å². The first-order valence-corrected chi connectivity index (χ1v) is 8.96. The average Bonchev–Trinajstić information content (AvgIpc) is 3.23. The fraction of sp³-hybridized carbons (Fsp3) is 0.190. The van der Waals surface area contributed by atoms with Crippen LogP contribution in [0.3, 0.4) is 0 Å². The summed E-state index contributed by atoms with van der Waals surface area (Å²) in [4.78, 5) is 27.7. The Morgan fingerprint density at radius 3 is 2.57 bits per heavy atom. The molecule has 1 unspecified atom stereocenters. The Morgan fingerprint density at radius 1 is 1.07 bits per heavy atom. The van der Waals surface area contributed by atoms with Crippen LogP contribution >= 0.6 is 0 Å². The molecule has 5 rings (SSSR count). The van der Waals surface area contributed by atoms with E-state index >= 15 is 0 Å². The molecule has 2 aliphatic heterocycles. The van der Waals surface area contributed by atoms with Gasteiger partial charge in [-0.15, -0.1) is 0 Å². The van der Waals surface area contributed by atoms with E-state index in [0.717, 1.165) is 22.7 Å². The highest BCUT2D eigenvalue weighted by atomic mass is 16.5. The molecule has 28 heavy (non-hydrogen) atoms. The van der Waals surface area contributed by atoms with Crippen LogP contribution in [0.5, 0.6) is 5.75 Å². The number of nitrogens with one attached hydrogen (secondary N) is 1. The molecule has 0 bridgehead atoms. The number of aromatic nitrogens is 2. The lowest BCUT2D eigenvalue weighted by atomic mass is 9.72. The van der Waals surface area contributed by atoms with Crippen LogP contribution < -0.4 is 15.0 Å². The van der Waals surface area contributed by atoms with Gasteiger partial charge >= 0.3 is 0 Å². The van der Waals surface area contributed by atoms with Gasteiger partial charge in [0.05, 0.1) is 19.0 Å². The fourth-order valence-electron chi connectivity index (χ4n) is 4.28. The summed E-state index contributed by atoms with van der Waals surface area (Å²) in [5.41, 5.74) is 2.10. The van der Waals surface area contributed by atoms with Crippen molar-refractivity contribution in [3.05, 3.63) is 65.9 Å². The van der Waals surface area contributed by atoms with Crippen molar-refractivity contribution >= 4 is 23.3 Å². The van der Waals surface area contributed by atoms with Gasteiger partial charge in [0.15, 0.2) is 0 Å². The van der Waals surface area contributed by atoms with Gasteiger partial charge in [-0.2, -0.15) is 5.10 Å². The number of likely N-dealkylation sites (N-methyl/N-ethyl adjacent to an activating group) is 1. The highest BCUT2D eigenvalue weighted by Crippen LogP contribution is 2.51. The number of hydrogen-bond acceptors (Lipinski definition) is 4. The maximum absolute atomic E-state index is 13.4. The first-order chi connectivity index (χ1) is 13.6. The van der Waals surface area contributed by atoms with Gasteiger partial charge < -0.3 is 15.0 Å². The van der Waals surface area contributed by atoms with E-state index < -0.39 is 5.41 Å². The number of anilines is 2. The number of nitrogens with zero attached hydrogens (tertiary/aromatic N) is 3. The smallest absolute Gasteiger partial charge is 0.242 e. The summed E-state index contributed by atoms with van der Waals surface area (Å²) in [6.45, 7) is 0. The van der Waals surface area contributed by atoms with Gasteiger partial charge in [0.1, 0.15) is 17.0 Å². The minimum absolute atomic E-state index is 0.0640. The molecule has 3 heterocycles. The van der Waals surface area contributed by atoms with Gasteiger partial charge in [-0.1, -0.05) is 18.2 Å². The highest BCUT2D eigenvalue weighted by Gasteiger charge is 2.56. The molecule has 2 aliphatic rings. The largest absolute Gasteiger partial charge is 0.497 e. The van der Waals surface area contributed by atoms with Crippen LogP contribution in [0.25, 0.3) is 5.69 Å². The average molecular weight is 374 g/mol. The Hall–Kier alpha value is -3.61. The van der Waals surface area contributed by atoms with Gasteiger partial charge in [0.25, 0.3) is 0 Å². The molecule has 2 amide bonds. The van der Waals surface area contributed by atoms with Crippen LogP contribution in [0.1, 0.15) is 17.5 Å². The normalized spacial score (nSPS) is 20.1. The molecule has 1 spiro atoms. The number of ether oxygens (including phenoxy) is 1. The van der Waals surface area contributed by atoms with Crippen LogP contribution in [0.15, 0.2) is 54.7 Å². The van der Waals surface area contributed by atoms with E-state index in [2.05, 4.69) is 10.4 Å². The third kappa shape index (κ3) is 2.01. The van der Waals surface area contributed by atoms with Crippen molar-refractivity contribution < 1.29 is 14.3 Å². The van der Waals surface area contributed by atoms with E-state index in [-0.39, 0.29) is 18.2 Å². The van der Waals surface area contributed by atoms with E-state index in [1.165, 1.54) is 0 Å². The molecule has 7 nitrogen and oxygen atoms in total. The summed E-state index contributed by atoms with van der Waals surface area (Å²) in [7, 11) is 3.35. The second-order valence-corrected chi connectivity index (χ2v) is 7.03. The summed E-state index contributed by atoms with van der Waals surface area (Å²) in [6, 6.07) is 15.0. The molecule has 0 saturated carbocycles. The highest BCUT2D eigenvalue weighted by molar-refractivity contribution is 6.15. The van der Waals surface area contributed by atoms with E-state index in [4.69, 9.17) is 4.74 Å². The lowest BCUT2D eigenvalue weighted by Crippen LogP contribution is -2.45. The Bertz CT molecular complexity index is 1120. The summed E-state index contributed by atoms with van der Waals surface area (Å²) in [5, 5.41) is 7.41. The number of methoxy groups -OCH3 is 1. The molecule has 7 heteroatoms. The van der Waals surface area contributed by atoms with Crippen LogP contribution in [-0.4, -0.2) is 35.8 Å². The fourth-order valence-corrected chi connectivity index (χ4v) is 4.28. The van der Waals surface area contributed by atoms with Crippen molar-refractivity contribution in [1.29, 1.82) is 0 Å². The molecule has 1 N–H and O–H groups in total. The second-order valence-electron chi connectivity index (χ2n) is 7.03. The van der Waals surface area contributed by atoms with Crippen molar-refractivity contribution in [3.63, 3.8) is 0 Å². The van der Waals surface area contributed by atoms with Crippen molar-refractivity contribution in [2.24, 2.45) is 0 Å². The van der Waals surface area contributed by atoms with Gasteiger partial charge in [-0.25, -0.2) is 4.68 Å². The number of para-hydroxylation sites is 1. The van der Waals surface area contributed by atoms with E-state index in [1.54, 1.807) is 29.9 Å². The van der Waals surface area contributed by atoms with E-state index in [0.29, 0.717) is 11.4 Å². The summed E-state index contributed by atoms with van der Waals surface area (Å²) >= 11 is 0. The third-order valence-corrected chi connectivity index (χ3v) is 5.62. The number of amides is 2.